The van der Waals surface area contributed by atoms with Crippen LogP contribution in [-0.4, -0.2) is 28.6 Å². The van der Waals surface area contributed by atoms with E-state index in [1.165, 1.54) is 22.3 Å². The van der Waals surface area contributed by atoms with Crippen LogP contribution in [0.15, 0.2) is 79.1 Å². The Kier molecular flexibility index (Phi) is 5.12. The van der Waals surface area contributed by atoms with Crippen LogP contribution in [-0.2, 0) is 4.74 Å². The highest BCUT2D eigenvalue weighted by Gasteiger charge is 2.28. The van der Waals surface area contributed by atoms with Crippen molar-refractivity contribution in [2.24, 2.45) is 0 Å². The second kappa shape index (κ2) is 8.37. The molecule has 0 radical (unpaired) electrons. The van der Waals surface area contributed by atoms with Gasteiger partial charge in [0.05, 0.1) is 6.20 Å². The third-order valence-electron chi connectivity index (χ3n) is 5.50. The standard InChI is InChI=1S/C26H21N3O2/c30-26(27-15-7-5-9-19-17-28-25-14-6-8-16-29(19)25)31-18-24-22-12-3-1-10-20(22)21-11-2-4-13-23(21)24/h1-4,6,8,10-14,16-17,24H,7,15,18H2,(H,27,30). The number of hydrogen-bond donors (Lipinski definition) is 1. The monoisotopic (exact) mass is 407 g/mol. The molecule has 2 aromatic heterocycles. The summed E-state index contributed by atoms with van der Waals surface area (Å²) in [5.74, 6) is 6.24. The number of hydrogen-bond acceptors (Lipinski definition) is 3. The summed E-state index contributed by atoms with van der Waals surface area (Å²) >= 11 is 0. The lowest BCUT2D eigenvalue weighted by molar-refractivity contribution is 0.143. The Balaban J connectivity index is 1.15. The van der Waals surface area contributed by atoms with Crippen molar-refractivity contribution in [1.82, 2.24) is 14.7 Å². The van der Waals surface area contributed by atoms with E-state index in [4.69, 9.17) is 4.74 Å². The van der Waals surface area contributed by atoms with Crippen molar-refractivity contribution in [3.05, 3.63) is 95.9 Å². The van der Waals surface area contributed by atoms with Crippen LogP contribution in [0.2, 0.25) is 0 Å². The van der Waals surface area contributed by atoms with Crippen molar-refractivity contribution in [1.29, 1.82) is 0 Å². The fourth-order valence-corrected chi connectivity index (χ4v) is 4.05. The minimum absolute atomic E-state index is 0.0630. The maximum atomic E-state index is 12.2. The highest BCUT2D eigenvalue weighted by molar-refractivity contribution is 5.79. The van der Waals surface area contributed by atoms with E-state index in [1.54, 1.807) is 6.20 Å². The molecule has 152 valence electrons. The van der Waals surface area contributed by atoms with Gasteiger partial charge in [-0.25, -0.2) is 9.78 Å². The molecule has 0 saturated heterocycles. The maximum Gasteiger partial charge on any atom is 0.407 e. The van der Waals surface area contributed by atoms with E-state index in [-0.39, 0.29) is 5.92 Å². The van der Waals surface area contributed by atoms with Gasteiger partial charge in [-0.15, -0.1) is 0 Å². The largest absolute Gasteiger partial charge is 0.449 e. The smallest absolute Gasteiger partial charge is 0.407 e. The first-order valence-electron chi connectivity index (χ1n) is 10.3. The molecule has 5 nitrogen and oxygen atoms in total. The van der Waals surface area contributed by atoms with Crippen LogP contribution in [0.1, 0.15) is 29.2 Å². The molecule has 4 aromatic rings. The number of pyridine rings is 1. The Labute approximate surface area is 180 Å². The molecule has 1 aliphatic carbocycles. The van der Waals surface area contributed by atoms with Gasteiger partial charge in [-0.3, -0.25) is 4.40 Å². The highest BCUT2D eigenvalue weighted by atomic mass is 16.5. The lowest BCUT2D eigenvalue weighted by Gasteiger charge is -2.14. The van der Waals surface area contributed by atoms with Crippen molar-refractivity contribution in [2.75, 3.05) is 13.2 Å². The van der Waals surface area contributed by atoms with E-state index in [0.29, 0.717) is 19.6 Å². The fraction of sp³-hybridized carbons (Fsp3) is 0.154. The zero-order valence-corrected chi connectivity index (χ0v) is 16.9. The summed E-state index contributed by atoms with van der Waals surface area (Å²) < 4.78 is 7.47. The number of carbonyl (C=O) groups excluding carboxylic acids is 1. The number of alkyl carbamates (subject to hydrolysis) is 1. The molecule has 5 rings (SSSR count). The van der Waals surface area contributed by atoms with Crippen molar-refractivity contribution in [3.63, 3.8) is 0 Å². The number of aromatic nitrogens is 2. The zero-order valence-electron chi connectivity index (χ0n) is 16.9. The number of imidazole rings is 1. The molecule has 0 spiro atoms. The molecular formula is C26H21N3O2. The molecule has 0 aliphatic heterocycles. The van der Waals surface area contributed by atoms with Gasteiger partial charge in [0.15, 0.2) is 0 Å². The number of nitrogens with one attached hydrogen (secondary N) is 1. The average Bonchev–Trinajstić information content (AvgIpc) is 3.37. The summed E-state index contributed by atoms with van der Waals surface area (Å²) in [4.78, 5) is 16.5. The van der Waals surface area contributed by atoms with Crippen LogP contribution in [0, 0.1) is 11.8 Å². The second-order valence-electron chi connectivity index (χ2n) is 7.38. The van der Waals surface area contributed by atoms with E-state index in [2.05, 4.69) is 46.4 Å². The summed E-state index contributed by atoms with van der Waals surface area (Å²) in [5.41, 5.74) is 6.54. The summed E-state index contributed by atoms with van der Waals surface area (Å²) in [5, 5.41) is 2.79. The van der Waals surface area contributed by atoms with Gasteiger partial charge >= 0.3 is 6.09 Å². The van der Waals surface area contributed by atoms with Crippen LogP contribution in [0.5, 0.6) is 0 Å². The topological polar surface area (TPSA) is 55.6 Å². The third-order valence-corrected chi connectivity index (χ3v) is 5.50. The molecule has 1 N–H and O–H groups in total. The van der Waals surface area contributed by atoms with Crippen LogP contribution >= 0.6 is 0 Å². The summed E-state index contributed by atoms with van der Waals surface area (Å²) in [6, 6.07) is 22.4. The minimum Gasteiger partial charge on any atom is -0.449 e. The lowest BCUT2D eigenvalue weighted by atomic mass is 9.98. The van der Waals surface area contributed by atoms with Crippen molar-refractivity contribution < 1.29 is 9.53 Å². The van der Waals surface area contributed by atoms with Crippen LogP contribution in [0.4, 0.5) is 4.79 Å². The van der Waals surface area contributed by atoms with Gasteiger partial charge in [0.1, 0.15) is 17.9 Å². The minimum atomic E-state index is -0.418. The number of ether oxygens (including phenoxy) is 1. The first-order valence-corrected chi connectivity index (χ1v) is 10.3. The van der Waals surface area contributed by atoms with E-state index < -0.39 is 6.09 Å². The molecule has 5 heteroatoms. The molecule has 0 saturated carbocycles. The Morgan fingerprint density at radius 3 is 2.48 bits per heavy atom. The first kappa shape index (κ1) is 19.0. The predicted octanol–water partition coefficient (Wildman–Crippen LogP) is 4.61. The van der Waals surface area contributed by atoms with Gasteiger partial charge in [-0.1, -0.05) is 60.5 Å². The Hall–Kier alpha value is -4.04. The molecule has 1 amide bonds. The maximum absolute atomic E-state index is 12.2. The van der Waals surface area contributed by atoms with Gasteiger partial charge < -0.3 is 10.1 Å². The second-order valence-corrected chi connectivity index (χ2v) is 7.38. The number of carbonyl (C=O) groups is 1. The van der Waals surface area contributed by atoms with Crippen LogP contribution < -0.4 is 5.32 Å². The van der Waals surface area contributed by atoms with E-state index in [9.17, 15) is 4.79 Å². The molecule has 0 bridgehead atoms. The van der Waals surface area contributed by atoms with E-state index in [1.807, 2.05) is 53.1 Å². The summed E-state index contributed by atoms with van der Waals surface area (Å²) in [7, 11) is 0. The molecule has 0 fully saturated rings. The van der Waals surface area contributed by atoms with Gasteiger partial charge in [-0.2, -0.15) is 0 Å². The normalized spacial score (nSPS) is 12.0. The SMILES string of the molecule is O=C(NCCC#Cc1cnc2ccccn12)OCC1c2ccccc2-c2ccccc21. The zero-order chi connectivity index (χ0) is 21.0. The van der Waals surface area contributed by atoms with E-state index in [0.717, 1.165) is 11.3 Å². The lowest BCUT2D eigenvalue weighted by Crippen LogP contribution is -2.26. The Bertz CT molecular complexity index is 1270. The Morgan fingerprint density at radius 2 is 1.71 bits per heavy atom. The molecular weight excluding hydrogens is 386 g/mol. The fourth-order valence-electron chi connectivity index (χ4n) is 4.05. The molecule has 0 unspecified atom stereocenters. The first-order chi connectivity index (χ1) is 15.3. The molecule has 2 heterocycles. The third kappa shape index (κ3) is 3.76. The summed E-state index contributed by atoms with van der Waals surface area (Å²) in [6.45, 7) is 0.744. The number of nitrogens with zero attached hydrogens (tertiary/aromatic N) is 2. The predicted molar refractivity (Wildman–Crippen MR) is 120 cm³/mol. The number of fused-ring (bicyclic) bond motifs is 4. The molecule has 1 aliphatic rings. The number of rotatable bonds is 4. The van der Waals surface area contributed by atoms with Crippen molar-refractivity contribution in [3.8, 4) is 23.0 Å². The van der Waals surface area contributed by atoms with Crippen LogP contribution in [0.25, 0.3) is 16.8 Å². The number of amides is 1. The highest BCUT2D eigenvalue weighted by Crippen LogP contribution is 2.44. The van der Waals surface area contributed by atoms with Gasteiger partial charge in [-0.05, 0) is 40.3 Å². The van der Waals surface area contributed by atoms with Gasteiger partial charge in [0.2, 0.25) is 0 Å². The molecule has 0 atom stereocenters. The quantitative estimate of drug-likeness (QED) is 0.397. The number of benzene rings is 2. The summed E-state index contributed by atoms with van der Waals surface area (Å²) in [6.07, 6.45) is 3.80. The van der Waals surface area contributed by atoms with Crippen LogP contribution in [0.3, 0.4) is 0 Å². The van der Waals surface area contributed by atoms with E-state index >= 15 is 0 Å². The van der Waals surface area contributed by atoms with Gasteiger partial charge in [0.25, 0.3) is 0 Å². The van der Waals surface area contributed by atoms with Gasteiger partial charge in [0, 0.05) is 25.1 Å². The molecule has 31 heavy (non-hydrogen) atoms. The van der Waals surface area contributed by atoms with Crippen molar-refractivity contribution >= 4 is 11.7 Å². The molecule has 2 aromatic carbocycles. The Morgan fingerprint density at radius 1 is 1.00 bits per heavy atom. The average molecular weight is 407 g/mol. The van der Waals surface area contributed by atoms with Crippen molar-refractivity contribution in [2.45, 2.75) is 12.3 Å².